The molecule has 1 saturated heterocycles. The lowest BCUT2D eigenvalue weighted by molar-refractivity contribution is -0.718. The smallest absolute Gasteiger partial charge is 0.312 e. The van der Waals surface area contributed by atoms with Crippen molar-refractivity contribution in [2.45, 2.75) is 50.2 Å². The molecule has 0 spiro atoms. The number of hydrogen-bond acceptors (Lipinski definition) is 3. The molecule has 0 radical (unpaired) electrons. The molecule has 2 rings (SSSR count). The van der Waals surface area contributed by atoms with Gasteiger partial charge in [-0.1, -0.05) is 6.42 Å². The fourth-order valence-corrected chi connectivity index (χ4v) is 2.67. The topological polar surface area (TPSA) is 72.0 Å². The molecule has 3 atom stereocenters. The van der Waals surface area contributed by atoms with Gasteiger partial charge in [-0.2, -0.15) is 0 Å². The first-order chi connectivity index (χ1) is 7.70. The molecule has 5 nitrogen and oxygen atoms in total. The monoisotopic (exact) mass is 227 g/mol. The number of quaternary nitrogens is 1. The van der Waals surface area contributed by atoms with E-state index in [-0.39, 0.29) is 24.3 Å². The van der Waals surface area contributed by atoms with E-state index in [2.05, 4.69) is 15.4 Å². The lowest BCUT2D eigenvalue weighted by Crippen LogP contribution is -3.03. The van der Waals surface area contributed by atoms with Crippen molar-refractivity contribution in [3.63, 3.8) is 0 Å². The summed E-state index contributed by atoms with van der Waals surface area (Å²) in [5, 5.41) is 5.08. The van der Waals surface area contributed by atoms with Gasteiger partial charge in [-0.3, -0.25) is 9.59 Å². The van der Waals surface area contributed by atoms with Crippen LogP contribution in [-0.2, 0) is 14.3 Å². The summed E-state index contributed by atoms with van der Waals surface area (Å²) >= 11 is 0. The van der Waals surface area contributed by atoms with Gasteiger partial charge in [0.15, 0.2) is 6.04 Å². The number of piperazine rings is 1. The van der Waals surface area contributed by atoms with Crippen molar-refractivity contribution in [3.8, 4) is 0 Å². The normalized spacial score (nSPS) is 33.8. The van der Waals surface area contributed by atoms with E-state index >= 15 is 0 Å². The van der Waals surface area contributed by atoms with Gasteiger partial charge in [0.25, 0.3) is 5.91 Å². The molecule has 2 aliphatic rings. The summed E-state index contributed by atoms with van der Waals surface area (Å²) in [5.74, 6) is -0.334. The van der Waals surface area contributed by atoms with Gasteiger partial charge in [-0.05, 0) is 12.8 Å². The van der Waals surface area contributed by atoms with Crippen molar-refractivity contribution in [2.75, 3.05) is 7.11 Å². The fourth-order valence-electron chi connectivity index (χ4n) is 2.67. The highest BCUT2D eigenvalue weighted by Gasteiger charge is 2.40. The predicted octanol–water partition coefficient (Wildman–Crippen LogP) is -1.08. The van der Waals surface area contributed by atoms with E-state index in [1.807, 2.05) is 0 Å². The number of carbonyl (C=O) groups excluding carboxylic acids is 2. The van der Waals surface area contributed by atoms with E-state index in [1.165, 1.54) is 20.0 Å². The van der Waals surface area contributed by atoms with Crippen molar-refractivity contribution in [3.05, 3.63) is 0 Å². The Kier molecular flexibility index (Phi) is 3.43. The molecular formula is C11H19N2O3+. The molecule has 1 saturated carbocycles. The second-order valence-corrected chi connectivity index (χ2v) is 4.64. The van der Waals surface area contributed by atoms with Crippen LogP contribution in [-0.4, -0.2) is 37.1 Å². The lowest BCUT2D eigenvalue weighted by Gasteiger charge is -2.37. The molecule has 2 fully saturated rings. The van der Waals surface area contributed by atoms with Crippen LogP contribution in [0.2, 0.25) is 0 Å². The fraction of sp³-hybridized carbons (Fsp3) is 0.818. The Balaban J connectivity index is 1.95. The minimum Gasteiger partial charge on any atom is -0.469 e. The molecule has 0 aromatic rings. The van der Waals surface area contributed by atoms with Gasteiger partial charge < -0.3 is 15.4 Å². The van der Waals surface area contributed by atoms with Crippen LogP contribution in [0, 0.1) is 0 Å². The number of fused-ring (bicyclic) bond motifs is 1. The van der Waals surface area contributed by atoms with Gasteiger partial charge >= 0.3 is 5.97 Å². The van der Waals surface area contributed by atoms with Crippen LogP contribution in [0.25, 0.3) is 0 Å². The van der Waals surface area contributed by atoms with Crippen LogP contribution < -0.4 is 10.6 Å². The zero-order valence-electron chi connectivity index (χ0n) is 9.57. The summed E-state index contributed by atoms with van der Waals surface area (Å²) in [6, 6.07) is 0.447. The molecule has 0 bridgehead atoms. The number of methoxy groups -OCH3 is 1. The number of esters is 1. The molecular weight excluding hydrogens is 208 g/mol. The van der Waals surface area contributed by atoms with Gasteiger partial charge in [0.05, 0.1) is 13.2 Å². The molecule has 0 unspecified atom stereocenters. The largest absolute Gasteiger partial charge is 0.469 e. The molecule has 1 heterocycles. The van der Waals surface area contributed by atoms with Gasteiger partial charge in [-0.15, -0.1) is 0 Å². The first kappa shape index (κ1) is 11.4. The number of nitrogens with two attached hydrogens (primary N) is 1. The number of amides is 1. The van der Waals surface area contributed by atoms with Crippen molar-refractivity contribution >= 4 is 11.9 Å². The SMILES string of the molecule is COC(=O)C[C@H]1[NH2+][C@H]2CCCC[C@H]2NC1=O. The third kappa shape index (κ3) is 2.35. The maximum Gasteiger partial charge on any atom is 0.312 e. The average Bonchev–Trinajstić information content (AvgIpc) is 2.30. The van der Waals surface area contributed by atoms with Crippen molar-refractivity contribution in [1.82, 2.24) is 5.32 Å². The Hall–Kier alpha value is -1.10. The van der Waals surface area contributed by atoms with E-state index in [0.717, 1.165) is 12.8 Å². The van der Waals surface area contributed by atoms with E-state index in [4.69, 9.17) is 0 Å². The Morgan fingerprint density at radius 3 is 3.00 bits per heavy atom. The third-order valence-electron chi connectivity index (χ3n) is 3.58. The molecule has 3 N–H and O–H groups in total. The Bertz CT molecular complexity index is 293. The number of ether oxygens (including phenoxy) is 1. The quantitative estimate of drug-likeness (QED) is 0.590. The molecule has 1 aliphatic carbocycles. The first-order valence-electron chi connectivity index (χ1n) is 5.93. The highest BCUT2D eigenvalue weighted by Crippen LogP contribution is 2.18. The molecule has 0 aromatic carbocycles. The minimum absolute atomic E-state index is 0.0199. The van der Waals surface area contributed by atoms with Gasteiger partial charge in [0, 0.05) is 6.42 Å². The van der Waals surface area contributed by atoms with Crippen LogP contribution in [0.4, 0.5) is 0 Å². The van der Waals surface area contributed by atoms with Crippen molar-refractivity contribution < 1.29 is 19.6 Å². The third-order valence-corrected chi connectivity index (χ3v) is 3.58. The minimum atomic E-state index is -0.314. The van der Waals surface area contributed by atoms with E-state index in [0.29, 0.717) is 12.1 Å². The molecule has 16 heavy (non-hydrogen) atoms. The Morgan fingerprint density at radius 2 is 2.25 bits per heavy atom. The maximum absolute atomic E-state index is 11.8. The average molecular weight is 227 g/mol. The molecule has 90 valence electrons. The molecule has 1 amide bonds. The van der Waals surface area contributed by atoms with Gasteiger partial charge in [-0.25, -0.2) is 0 Å². The van der Waals surface area contributed by atoms with Crippen molar-refractivity contribution in [2.24, 2.45) is 0 Å². The summed E-state index contributed by atoms with van der Waals surface area (Å²) in [4.78, 5) is 22.9. The summed E-state index contributed by atoms with van der Waals surface area (Å²) < 4.78 is 4.60. The summed E-state index contributed by atoms with van der Waals surface area (Å²) in [6.45, 7) is 0. The summed E-state index contributed by atoms with van der Waals surface area (Å²) in [6.07, 6.45) is 4.78. The highest BCUT2D eigenvalue weighted by molar-refractivity contribution is 5.85. The lowest BCUT2D eigenvalue weighted by atomic mass is 9.87. The molecule has 0 aromatic heterocycles. The van der Waals surface area contributed by atoms with Crippen LogP contribution in [0.1, 0.15) is 32.1 Å². The summed E-state index contributed by atoms with van der Waals surface area (Å²) in [7, 11) is 1.35. The standard InChI is InChI=1S/C11H18N2O3/c1-16-10(14)6-9-11(15)13-8-5-3-2-4-7(8)12-9/h7-9,12H,2-6H2,1H3,(H,13,15)/p+1/t7-,8+,9+/m0/s1. The zero-order chi connectivity index (χ0) is 11.5. The second-order valence-electron chi connectivity index (χ2n) is 4.64. The number of nitrogens with one attached hydrogen (secondary N) is 1. The maximum atomic E-state index is 11.8. The van der Waals surface area contributed by atoms with E-state index in [1.54, 1.807) is 0 Å². The number of hydrogen-bond donors (Lipinski definition) is 2. The Labute approximate surface area is 94.9 Å². The van der Waals surface area contributed by atoms with Crippen LogP contribution in [0.15, 0.2) is 0 Å². The van der Waals surface area contributed by atoms with Crippen LogP contribution in [0.3, 0.4) is 0 Å². The highest BCUT2D eigenvalue weighted by atomic mass is 16.5. The predicted molar refractivity (Wildman–Crippen MR) is 56.5 cm³/mol. The van der Waals surface area contributed by atoms with Crippen LogP contribution in [0.5, 0.6) is 0 Å². The number of carbonyl (C=O) groups is 2. The van der Waals surface area contributed by atoms with E-state index in [9.17, 15) is 9.59 Å². The number of rotatable bonds is 2. The van der Waals surface area contributed by atoms with Crippen molar-refractivity contribution in [1.29, 1.82) is 0 Å². The zero-order valence-corrected chi connectivity index (χ0v) is 9.57. The Morgan fingerprint density at radius 1 is 1.50 bits per heavy atom. The summed E-state index contributed by atoms with van der Waals surface area (Å²) in [5.41, 5.74) is 0. The van der Waals surface area contributed by atoms with Gasteiger partial charge in [0.1, 0.15) is 12.5 Å². The van der Waals surface area contributed by atoms with Crippen LogP contribution >= 0.6 is 0 Å². The molecule has 5 heteroatoms. The van der Waals surface area contributed by atoms with Gasteiger partial charge in [0.2, 0.25) is 0 Å². The van der Waals surface area contributed by atoms with E-state index < -0.39 is 0 Å². The molecule has 1 aliphatic heterocycles. The second kappa shape index (κ2) is 4.82. The first-order valence-corrected chi connectivity index (χ1v) is 5.93.